The van der Waals surface area contributed by atoms with Crippen LogP contribution in [0.5, 0.6) is 0 Å². The number of hydrogen-bond donors (Lipinski definition) is 0. The van der Waals surface area contributed by atoms with E-state index in [-0.39, 0.29) is 19.3 Å². The second-order valence-corrected chi connectivity index (χ2v) is 12.7. The second-order valence-electron chi connectivity index (χ2n) is 8.27. The molecule has 0 heterocycles. The van der Waals surface area contributed by atoms with Crippen molar-refractivity contribution in [3.05, 3.63) is 34.9 Å². The minimum atomic E-state index is -2.36. The van der Waals surface area contributed by atoms with Gasteiger partial charge in [-0.3, -0.25) is 4.79 Å². The Morgan fingerprint density at radius 1 is 1.21 bits per heavy atom. The predicted molar refractivity (Wildman–Crippen MR) is 113 cm³/mol. The number of hydrogen-bond acceptors (Lipinski definition) is 5. The van der Waals surface area contributed by atoms with Gasteiger partial charge in [0.05, 0.1) is 6.61 Å². The summed E-state index contributed by atoms with van der Waals surface area (Å²) in [7, 11) is 0.737. The number of aryl methyl sites for hydroxylation is 1. The van der Waals surface area contributed by atoms with Gasteiger partial charge in [0.1, 0.15) is 6.73 Å². The van der Waals surface area contributed by atoms with Crippen LogP contribution in [0, 0.1) is 6.92 Å². The van der Waals surface area contributed by atoms with Gasteiger partial charge in [0.15, 0.2) is 8.32 Å². The number of amides is 1. The zero-order valence-electron chi connectivity index (χ0n) is 18.7. The summed E-state index contributed by atoms with van der Waals surface area (Å²) in [6, 6.07) is 5.84. The Bertz CT molecular complexity index is 699. The molecule has 0 aromatic heterocycles. The molecule has 0 aliphatic carbocycles. The average molecular weight is 410 g/mol. The van der Waals surface area contributed by atoms with Crippen LogP contribution >= 0.6 is 0 Å². The van der Waals surface area contributed by atoms with E-state index >= 15 is 0 Å². The van der Waals surface area contributed by atoms with Crippen LogP contribution in [-0.4, -0.2) is 52.6 Å². The van der Waals surface area contributed by atoms with Crippen LogP contribution in [0.3, 0.4) is 0 Å². The molecule has 0 saturated heterocycles. The predicted octanol–water partition coefficient (Wildman–Crippen LogP) is 3.79. The van der Waals surface area contributed by atoms with Crippen LogP contribution < -0.4 is 0 Å². The summed E-state index contributed by atoms with van der Waals surface area (Å²) in [6.07, 6.45) is 0. The monoisotopic (exact) mass is 409 g/mol. The third-order valence-electron chi connectivity index (χ3n) is 4.30. The lowest BCUT2D eigenvalue weighted by Crippen LogP contribution is -2.57. The van der Waals surface area contributed by atoms with Crippen molar-refractivity contribution in [2.24, 2.45) is 0 Å². The van der Waals surface area contributed by atoms with Gasteiger partial charge in [-0.05, 0) is 50.5 Å². The highest BCUT2D eigenvalue weighted by molar-refractivity contribution is 6.70. The Balaban J connectivity index is 3.84. The molecule has 0 fully saturated rings. The molecule has 1 rings (SSSR count). The van der Waals surface area contributed by atoms with Gasteiger partial charge in [0.25, 0.3) is 11.5 Å². The van der Waals surface area contributed by atoms with Gasteiger partial charge in [-0.2, -0.15) is 0 Å². The molecule has 7 heteroatoms. The second kappa shape index (κ2) is 9.67. The quantitative estimate of drug-likeness (QED) is 0.269. The first-order chi connectivity index (χ1) is 12.9. The van der Waals surface area contributed by atoms with Gasteiger partial charge in [0, 0.05) is 19.7 Å². The lowest BCUT2D eigenvalue weighted by atomic mass is 9.86. The number of carbonyl (C=O) groups excluding carboxylic acids is 2. The number of esters is 1. The number of benzene rings is 1. The third-order valence-corrected chi connectivity index (χ3v) is 5.22. The largest absolute Gasteiger partial charge is 0.463 e. The highest BCUT2D eigenvalue weighted by Gasteiger charge is 2.55. The maximum absolute atomic E-state index is 13.6. The first-order valence-corrected chi connectivity index (χ1v) is 13.0. The number of carbonyl (C=O) groups is 2. The van der Waals surface area contributed by atoms with E-state index in [1.807, 2.05) is 44.8 Å². The van der Waals surface area contributed by atoms with Crippen LogP contribution in [0.4, 0.5) is 0 Å². The minimum absolute atomic E-state index is 0.0396. The Labute approximate surface area is 170 Å². The standard InChI is InChI=1S/C21H35NO5Si/c1-10-26-20(24)21(27-28(7,8)9,19(23)22(5)14-25-6)18-13-17(15(2)3)12-11-16(18)4/h11-13,15H,10,14H2,1-9H3. The highest BCUT2D eigenvalue weighted by Crippen LogP contribution is 2.37. The molecule has 1 aromatic rings. The van der Waals surface area contributed by atoms with Crippen molar-refractivity contribution in [3.63, 3.8) is 0 Å². The molecule has 0 N–H and O–H groups in total. The minimum Gasteiger partial charge on any atom is -0.463 e. The topological polar surface area (TPSA) is 65.1 Å². The first-order valence-electron chi connectivity index (χ1n) is 9.63. The molecule has 0 spiro atoms. The summed E-state index contributed by atoms with van der Waals surface area (Å²) in [5.41, 5.74) is 0.501. The smallest absolute Gasteiger partial charge is 0.352 e. The number of rotatable bonds is 9. The van der Waals surface area contributed by atoms with Crippen molar-refractivity contribution in [1.29, 1.82) is 0 Å². The number of nitrogens with zero attached hydrogens (tertiary/aromatic N) is 1. The summed E-state index contributed by atoms with van der Waals surface area (Å²) in [6.45, 7) is 13.8. The Hall–Kier alpha value is -1.70. The van der Waals surface area contributed by atoms with Crippen molar-refractivity contribution >= 4 is 20.2 Å². The molecule has 0 aliphatic rings. The van der Waals surface area contributed by atoms with Crippen LogP contribution in [0.1, 0.15) is 43.4 Å². The first kappa shape index (κ1) is 24.3. The maximum Gasteiger partial charge on any atom is 0.352 e. The Morgan fingerprint density at radius 2 is 1.82 bits per heavy atom. The fourth-order valence-corrected chi connectivity index (χ4v) is 4.24. The van der Waals surface area contributed by atoms with Gasteiger partial charge in [-0.1, -0.05) is 32.0 Å². The molecular weight excluding hydrogens is 374 g/mol. The van der Waals surface area contributed by atoms with Crippen molar-refractivity contribution in [1.82, 2.24) is 4.90 Å². The van der Waals surface area contributed by atoms with E-state index in [0.717, 1.165) is 11.1 Å². The SMILES string of the molecule is CCOC(=O)C(O[Si](C)(C)C)(C(=O)N(C)COC)c1cc(C(C)C)ccc1C. The molecule has 0 radical (unpaired) electrons. The van der Waals surface area contributed by atoms with Crippen molar-refractivity contribution in [3.8, 4) is 0 Å². The van der Waals surface area contributed by atoms with Crippen molar-refractivity contribution < 1.29 is 23.5 Å². The lowest BCUT2D eigenvalue weighted by Gasteiger charge is -2.39. The summed E-state index contributed by atoms with van der Waals surface area (Å²) >= 11 is 0. The highest BCUT2D eigenvalue weighted by atomic mass is 28.4. The van der Waals surface area contributed by atoms with E-state index < -0.39 is 25.8 Å². The molecule has 158 valence electrons. The zero-order chi connectivity index (χ0) is 21.7. The van der Waals surface area contributed by atoms with Crippen LogP contribution in [0.15, 0.2) is 18.2 Å². The van der Waals surface area contributed by atoms with E-state index in [4.69, 9.17) is 13.9 Å². The van der Waals surface area contributed by atoms with Crippen LogP contribution in [0.2, 0.25) is 19.6 Å². The number of ether oxygens (including phenoxy) is 2. The van der Waals surface area contributed by atoms with Gasteiger partial charge in [-0.25, -0.2) is 4.79 Å². The number of methoxy groups -OCH3 is 1. The van der Waals surface area contributed by atoms with Gasteiger partial charge < -0.3 is 18.8 Å². The van der Waals surface area contributed by atoms with E-state index in [1.54, 1.807) is 14.0 Å². The fraction of sp³-hybridized carbons (Fsp3) is 0.619. The normalized spacial score (nSPS) is 13.9. The lowest BCUT2D eigenvalue weighted by molar-refractivity contribution is -0.176. The Morgan fingerprint density at radius 3 is 2.29 bits per heavy atom. The molecule has 6 nitrogen and oxygen atoms in total. The van der Waals surface area contributed by atoms with Gasteiger partial charge in [0.2, 0.25) is 0 Å². The summed E-state index contributed by atoms with van der Waals surface area (Å²) in [5, 5.41) is 0. The average Bonchev–Trinajstić information content (AvgIpc) is 2.58. The summed E-state index contributed by atoms with van der Waals surface area (Å²) in [4.78, 5) is 28.3. The van der Waals surface area contributed by atoms with Gasteiger partial charge in [-0.15, -0.1) is 0 Å². The molecular formula is C21H35NO5Si. The van der Waals surface area contributed by atoms with Crippen molar-refractivity contribution in [2.75, 3.05) is 27.5 Å². The van der Waals surface area contributed by atoms with Crippen LogP contribution in [-0.2, 0) is 29.1 Å². The molecule has 1 atom stereocenters. The van der Waals surface area contributed by atoms with Crippen LogP contribution in [0.25, 0.3) is 0 Å². The van der Waals surface area contributed by atoms with E-state index in [9.17, 15) is 9.59 Å². The molecule has 1 amide bonds. The third kappa shape index (κ3) is 5.43. The van der Waals surface area contributed by atoms with E-state index in [0.29, 0.717) is 5.56 Å². The molecule has 0 bridgehead atoms. The maximum atomic E-state index is 13.6. The summed E-state index contributed by atoms with van der Waals surface area (Å²) in [5.74, 6) is -0.938. The van der Waals surface area contributed by atoms with E-state index in [2.05, 4.69) is 13.8 Å². The van der Waals surface area contributed by atoms with E-state index in [1.165, 1.54) is 12.0 Å². The van der Waals surface area contributed by atoms with Crippen molar-refractivity contribution in [2.45, 2.75) is 58.9 Å². The summed E-state index contributed by atoms with van der Waals surface area (Å²) < 4.78 is 16.9. The number of likely N-dealkylation sites (N-methyl/N-ethyl adjacent to an activating group) is 1. The molecule has 28 heavy (non-hydrogen) atoms. The molecule has 1 unspecified atom stereocenters. The van der Waals surface area contributed by atoms with Gasteiger partial charge >= 0.3 is 5.97 Å². The molecule has 1 aromatic carbocycles. The molecule has 0 aliphatic heterocycles. The zero-order valence-corrected chi connectivity index (χ0v) is 19.7. The molecule has 0 saturated carbocycles. The Kier molecular flexibility index (Phi) is 8.40. The fourth-order valence-electron chi connectivity index (χ4n) is 3.04.